The summed E-state index contributed by atoms with van der Waals surface area (Å²) in [7, 11) is 0. The van der Waals surface area contributed by atoms with Crippen LogP contribution in [-0.2, 0) is 13.0 Å². The molecule has 0 aliphatic heterocycles. The number of carbonyl (C=O) groups excluding carboxylic acids is 1. The van der Waals surface area contributed by atoms with Crippen molar-refractivity contribution in [3.05, 3.63) is 11.4 Å². The normalized spacial score (nSPS) is 11.0. The molecule has 0 saturated carbocycles. The van der Waals surface area contributed by atoms with Gasteiger partial charge in [0.25, 0.3) is 0 Å². The van der Waals surface area contributed by atoms with Crippen molar-refractivity contribution < 1.29 is 4.79 Å². The lowest BCUT2D eigenvalue weighted by atomic mass is 10.1. The van der Waals surface area contributed by atoms with Gasteiger partial charge in [0.2, 0.25) is 0 Å². The molecule has 4 nitrogen and oxygen atoms in total. The van der Waals surface area contributed by atoms with E-state index in [9.17, 15) is 4.79 Å². The molecule has 1 aromatic heterocycles. The molecule has 0 bridgehead atoms. The Kier molecular flexibility index (Phi) is 5.15. The van der Waals surface area contributed by atoms with Crippen LogP contribution < -0.4 is 0 Å². The number of nitrogens with zero attached hydrogens (tertiary/aromatic N) is 3. The maximum absolute atomic E-state index is 10.8. The Bertz CT molecular complexity index is 331. The highest BCUT2D eigenvalue weighted by molar-refractivity contribution is 5.73. The second-order valence-corrected chi connectivity index (χ2v) is 4.55. The first-order valence-electron chi connectivity index (χ1n) is 6.06. The smallest absolute Gasteiger partial charge is 0.172 e. The van der Waals surface area contributed by atoms with Gasteiger partial charge in [-0.3, -0.25) is 4.79 Å². The van der Waals surface area contributed by atoms with Crippen LogP contribution >= 0.6 is 0 Å². The Labute approximate surface area is 97.0 Å². The third-order valence-electron chi connectivity index (χ3n) is 2.66. The molecule has 0 spiro atoms. The van der Waals surface area contributed by atoms with Crippen LogP contribution in [0.1, 0.15) is 56.2 Å². The molecule has 0 unspecified atom stereocenters. The number of aryl methyl sites for hydroxylation is 1. The van der Waals surface area contributed by atoms with E-state index >= 15 is 0 Å². The fourth-order valence-corrected chi connectivity index (χ4v) is 1.60. The molecule has 0 fully saturated rings. The summed E-state index contributed by atoms with van der Waals surface area (Å²) >= 11 is 0. The van der Waals surface area contributed by atoms with Crippen molar-refractivity contribution in [2.75, 3.05) is 0 Å². The van der Waals surface area contributed by atoms with Crippen molar-refractivity contribution in [1.29, 1.82) is 0 Å². The third-order valence-corrected chi connectivity index (χ3v) is 2.66. The molecule has 0 aliphatic rings. The first kappa shape index (κ1) is 12.9. The number of unbranched alkanes of at least 4 members (excludes halogenated alkanes) is 1. The minimum atomic E-state index is 0.511. The number of hydrogen-bond acceptors (Lipinski definition) is 3. The summed E-state index contributed by atoms with van der Waals surface area (Å²) in [6.45, 7) is 7.37. The van der Waals surface area contributed by atoms with Gasteiger partial charge < -0.3 is 0 Å². The quantitative estimate of drug-likeness (QED) is 0.667. The Balaban J connectivity index is 2.73. The van der Waals surface area contributed by atoms with E-state index in [4.69, 9.17) is 0 Å². The summed E-state index contributed by atoms with van der Waals surface area (Å²) in [5, 5.41) is 7.96. The Morgan fingerprint density at radius 2 is 2.19 bits per heavy atom. The van der Waals surface area contributed by atoms with Crippen LogP contribution in [0.3, 0.4) is 0 Å². The SMILES string of the molecule is CCCCc1c(C=O)nnn1CCC(C)C. The highest BCUT2D eigenvalue weighted by atomic mass is 16.1. The van der Waals surface area contributed by atoms with Crippen molar-refractivity contribution in [2.24, 2.45) is 5.92 Å². The number of carbonyl (C=O) groups is 1. The van der Waals surface area contributed by atoms with Crippen LogP contribution in [0.25, 0.3) is 0 Å². The van der Waals surface area contributed by atoms with Crippen molar-refractivity contribution >= 4 is 6.29 Å². The Morgan fingerprint density at radius 1 is 1.44 bits per heavy atom. The minimum Gasteiger partial charge on any atom is -0.296 e. The van der Waals surface area contributed by atoms with Crippen LogP contribution in [0.15, 0.2) is 0 Å². The molecule has 0 atom stereocenters. The molecule has 90 valence electrons. The standard InChI is InChI=1S/C12H21N3O/c1-4-5-6-12-11(9-16)13-14-15(12)8-7-10(2)3/h9-10H,4-8H2,1-3H3. The van der Waals surface area contributed by atoms with E-state index in [-0.39, 0.29) is 0 Å². The lowest BCUT2D eigenvalue weighted by molar-refractivity contribution is 0.111. The number of rotatable bonds is 7. The maximum Gasteiger partial charge on any atom is 0.172 e. The summed E-state index contributed by atoms with van der Waals surface area (Å²) in [5.41, 5.74) is 1.51. The molecule has 1 aromatic rings. The molecule has 0 aromatic carbocycles. The molecule has 1 rings (SSSR count). The van der Waals surface area contributed by atoms with Crippen molar-refractivity contribution in [2.45, 2.75) is 53.0 Å². The summed E-state index contributed by atoms with van der Waals surface area (Å²) in [6, 6.07) is 0. The van der Waals surface area contributed by atoms with Gasteiger partial charge in [-0.05, 0) is 25.2 Å². The van der Waals surface area contributed by atoms with Crippen LogP contribution in [0.2, 0.25) is 0 Å². The lowest BCUT2D eigenvalue weighted by Gasteiger charge is -2.08. The van der Waals surface area contributed by atoms with E-state index in [0.717, 1.165) is 44.2 Å². The number of aldehydes is 1. The zero-order valence-corrected chi connectivity index (χ0v) is 10.4. The second kappa shape index (κ2) is 6.40. The number of aromatic nitrogens is 3. The molecule has 1 heterocycles. The maximum atomic E-state index is 10.8. The van der Waals surface area contributed by atoms with Gasteiger partial charge in [0.05, 0.1) is 5.69 Å². The molecule has 4 heteroatoms. The van der Waals surface area contributed by atoms with Crippen molar-refractivity contribution in [3.63, 3.8) is 0 Å². The van der Waals surface area contributed by atoms with Crippen molar-refractivity contribution in [1.82, 2.24) is 15.0 Å². The lowest BCUT2D eigenvalue weighted by Crippen LogP contribution is -2.08. The topological polar surface area (TPSA) is 47.8 Å². The highest BCUT2D eigenvalue weighted by Crippen LogP contribution is 2.10. The van der Waals surface area contributed by atoms with E-state index in [0.29, 0.717) is 11.6 Å². The van der Waals surface area contributed by atoms with E-state index in [1.807, 2.05) is 4.68 Å². The average molecular weight is 223 g/mol. The summed E-state index contributed by atoms with van der Waals surface area (Å²) in [6.07, 6.45) is 4.98. The molecule has 0 aliphatic carbocycles. The monoisotopic (exact) mass is 223 g/mol. The van der Waals surface area contributed by atoms with Crippen molar-refractivity contribution in [3.8, 4) is 0 Å². The summed E-state index contributed by atoms with van der Waals surface area (Å²) in [5.74, 6) is 0.642. The van der Waals surface area contributed by atoms with Gasteiger partial charge in [0.1, 0.15) is 5.69 Å². The Morgan fingerprint density at radius 3 is 2.75 bits per heavy atom. The van der Waals surface area contributed by atoms with Crippen LogP contribution in [0, 0.1) is 5.92 Å². The van der Waals surface area contributed by atoms with Crippen LogP contribution in [0.5, 0.6) is 0 Å². The fraction of sp³-hybridized carbons (Fsp3) is 0.750. The van der Waals surface area contributed by atoms with Crippen LogP contribution in [-0.4, -0.2) is 21.3 Å². The van der Waals surface area contributed by atoms with Gasteiger partial charge >= 0.3 is 0 Å². The number of hydrogen-bond donors (Lipinski definition) is 0. The van der Waals surface area contributed by atoms with Gasteiger partial charge in [0.15, 0.2) is 6.29 Å². The average Bonchev–Trinajstić information content (AvgIpc) is 2.65. The van der Waals surface area contributed by atoms with Gasteiger partial charge in [-0.15, -0.1) is 5.10 Å². The molecular formula is C12H21N3O. The molecule has 0 radical (unpaired) electrons. The van der Waals surface area contributed by atoms with Gasteiger partial charge in [-0.2, -0.15) is 0 Å². The van der Waals surface area contributed by atoms with E-state index in [1.54, 1.807) is 0 Å². The molecule has 0 amide bonds. The molecule has 0 N–H and O–H groups in total. The van der Waals surface area contributed by atoms with Gasteiger partial charge in [0, 0.05) is 6.54 Å². The zero-order valence-electron chi connectivity index (χ0n) is 10.4. The highest BCUT2D eigenvalue weighted by Gasteiger charge is 2.11. The summed E-state index contributed by atoms with van der Waals surface area (Å²) < 4.78 is 1.89. The predicted octanol–water partition coefficient (Wildman–Crippen LogP) is 2.48. The summed E-state index contributed by atoms with van der Waals surface area (Å²) in [4.78, 5) is 10.8. The predicted molar refractivity (Wildman–Crippen MR) is 63.5 cm³/mol. The largest absolute Gasteiger partial charge is 0.296 e. The third kappa shape index (κ3) is 3.43. The molecular weight excluding hydrogens is 202 g/mol. The zero-order chi connectivity index (χ0) is 12.0. The van der Waals surface area contributed by atoms with Gasteiger partial charge in [-0.25, -0.2) is 4.68 Å². The van der Waals surface area contributed by atoms with Crippen LogP contribution in [0.4, 0.5) is 0 Å². The minimum absolute atomic E-state index is 0.511. The fourth-order valence-electron chi connectivity index (χ4n) is 1.60. The Hall–Kier alpha value is -1.19. The van der Waals surface area contributed by atoms with E-state index in [1.165, 1.54) is 0 Å². The van der Waals surface area contributed by atoms with E-state index in [2.05, 4.69) is 31.1 Å². The first-order valence-corrected chi connectivity index (χ1v) is 6.06. The van der Waals surface area contributed by atoms with Gasteiger partial charge in [-0.1, -0.05) is 32.4 Å². The molecule has 0 saturated heterocycles. The molecule has 16 heavy (non-hydrogen) atoms. The first-order chi connectivity index (χ1) is 7.69. The second-order valence-electron chi connectivity index (χ2n) is 4.55. The van der Waals surface area contributed by atoms with E-state index < -0.39 is 0 Å².